The number of benzene rings is 2. The number of nitrogens with zero attached hydrogens (tertiary/aromatic N) is 4. The van der Waals surface area contributed by atoms with Crippen molar-refractivity contribution in [3.05, 3.63) is 57.6 Å². The van der Waals surface area contributed by atoms with Crippen LogP contribution in [0, 0.1) is 0 Å². The van der Waals surface area contributed by atoms with Crippen LogP contribution >= 0.6 is 23.2 Å². The van der Waals surface area contributed by atoms with Gasteiger partial charge in [0.1, 0.15) is 11.5 Å². The van der Waals surface area contributed by atoms with Crippen molar-refractivity contribution in [3.63, 3.8) is 0 Å². The summed E-state index contributed by atoms with van der Waals surface area (Å²) in [5.74, 6) is -6.71. The lowest BCUT2D eigenvalue weighted by atomic mass is 10.1. The molecule has 2 heterocycles. The standard InChI is InChI=1S/C30H36Cl2N4O8/c1-33(2)13-11-29(17-35(5)25(37)21-15-19(31)7-9-23(21)41-29)43-27(39)28(40)44-30(12-14-34(3)4)18-36(6)26(38)22-16-20(32)8-10-24(22)42-30/h7-10,15-16H,11-14,17-18H2,1-6H3. The van der Waals surface area contributed by atoms with Crippen LogP contribution < -0.4 is 9.47 Å². The Morgan fingerprint density at radius 1 is 0.750 bits per heavy atom. The summed E-state index contributed by atoms with van der Waals surface area (Å²) in [7, 11) is 10.4. The van der Waals surface area contributed by atoms with Crippen LogP contribution in [0.15, 0.2) is 36.4 Å². The molecule has 0 saturated heterocycles. The highest BCUT2D eigenvalue weighted by atomic mass is 35.5. The van der Waals surface area contributed by atoms with Gasteiger partial charge in [0.15, 0.2) is 0 Å². The summed E-state index contributed by atoms with van der Waals surface area (Å²) < 4.78 is 24.0. The molecule has 44 heavy (non-hydrogen) atoms. The summed E-state index contributed by atoms with van der Waals surface area (Å²) in [5, 5.41) is 0.656. The van der Waals surface area contributed by atoms with Gasteiger partial charge in [0.25, 0.3) is 23.4 Å². The lowest BCUT2D eigenvalue weighted by molar-refractivity contribution is -0.227. The van der Waals surface area contributed by atoms with Gasteiger partial charge in [-0.25, -0.2) is 9.59 Å². The van der Waals surface area contributed by atoms with Crippen molar-refractivity contribution in [3.8, 4) is 11.5 Å². The Kier molecular flexibility index (Phi) is 9.99. The molecule has 0 radical (unpaired) electrons. The van der Waals surface area contributed by atoms with E-state index in [1.165, 1.54) is 48.2 Å². The van der Waals surface area contributed by atoms with Crippen LogP contribution in [-0.4, -0.2) is 123 Å². The number of ether oxygens (including phenoxy) is 4. The molecule has 0 aromatic heterocycles. The van der Waals surface area contributed by atoms with Crippen LogP contribution in [0.2, 0.25) is 10.0 Å². The largest absolute Gasteiger partial charge is 0.449 e. The van der Waals surface area contributed by atoms with Crippen LogP contribution in [0.3, 0.4) is 0 Å². The van der Waals surface area contributed by atoms with Crippen molar-refractivity contribution >= 4 is 47.0 Å². The molecular weight excluding hydrogens is 615 g/mol. The predicted octanol–water partition coefficient (Wildman–Crippen LogP) is 3.00. The molecule has 0 saturated carbocycles. The molecule has 14 heteroatoms. The fourth-order valence-electron chi connectivity index (χ4n) is 4.94. The summed E-state index contributed by atoms with van der Waals surface area (Å²) in [6, 6.07) is 9.05. The highest BCUT2D eigenvalue weighted by molar-refractivity contribution is 6.31. The normalized spacial score (nSPS) is 21.6. The SMILES string of the molecule is CN(C)CCC1(OC(=O)C(=O)OC2(CCN(C)C)CN(C)C(=O)c3cc(Cl)ccc3O2)CN(C)C(=O)c2cc(Cl)ccc2O1. The molecule has 0 spiro atoms. The Labute approximate surface area is 266 Å². The van der Waals surface area contributed by atoms with Gasteiger partial charge in [0.2, 0.25) is 0 Å². The quantitative estimate of drug-likeness (QED) is 0.312. The van der Waals surface area contributed by atoms with Crippen LogP contribution in [-0.2, 0) is 19.1 Å². The third-order valence-electron chi connectivity index (χ3n) is 7.19. The molecule has 0 aliphatic carbocycles. The summed E-state index contributed by atoms with van der Waals surface area (Å²) in [6.07, 6.45) is 0.207. The average Bonchev–Trinajstić information content (AvgIpc) is 3.11. The predicted molar refractivity (Wildman–Crippen MR) is 162 cm³/mol. The fraction of sp³-hybridized carbons (Fsp3) is 0.467. The number of hydrogen-bond donors (Lipinski definition) is 0. The number of halogens is 2. The molecule has 238 valence electrons. The minimum Gasteiger partial charge on any atom is -0.449 e. The maximum absolute atomic E-state index is 13.5. The van der Waals surface area contributed by atoms with Crippen molar-refractivity contribution in [1.82, 2.24) is 19.6 Å². The zero-order chi connectivity index (χ0) is 32.4. The molecule has 2 aliphatic heterocycles. The van der Waals surface area contributed by atoms with Crippen LogP contribution in [0.1, 0.15) is 33.6 Å². The van der Waals surface area contributed by atoms with E-state index in [2.05, 4.69) is 0 Å². The Balaban J connectivity index is 1.66. The second-order valence-electron chi connectivity index (χ2n) is 11.5. The number of rotatable bonds is 8. The molecule has 0 bridgehead atoms. The van der Waals surface area contributed by atoms with Crippen molar-refractivity contribution in [2.24, 2.45) is 0 Å². The molecule has 2 unspecified atom stereocenters. The minimum absolute atomic E-state index is 0.104. The van der Waals surface area contributed by atoms with E-state index in [1.807, 2.05) is 38.0 Å². The Morgan fingerprint density at radius 3 is 1.45 bits per heavy atom. The number of amides is 2. The summed E-state index contributed by atoms with van der Waals surface area (Å²) in [4.78, 5) is 59.7. The third kappa shape index (κ3) is 7.55. The fourth-order valence-corrected chi connectivity index (χ4v) is 5.28. The van der Waals surface area contributed by atoms with E-state index >= 15 is 0 Å². The lowest BCUT2D eigenvalue weighted by Crippen LogP contribution is -2.54. The first-order valence-corrected chi connectivity index (χ1v) is 14.6. The Morgan fingerprint density at radius 2 is 1.11 bits per heavy atom. The molecule has 2 atom stereocenters. The summed E-state index contributed by atoms with van der Waals surface area (Å²) >= 11 is 12.3. The van der Waals surface area contributed by atoms with Crippen molar-refractivity contribution in [1.29, 1.82) is 0 Å². The van der Waals surface area contributed by atoms with Gasteiger partial charge in [0, 0.05) is 50.1 Å². The maximum Gasteiger partial charge on any atom is 0.420 e. The second-order valence-corrected chi connectivity index (χ2v) is 12.4. The van der Waals surface area contributed by atoms with Gasteiger partial charge in [-0.05, 0) is 64.6 Å². The number of likely N-dealkylation sites (N-methyl/N-ethyl adjacent to an activating group) is 2. The van der Waals surface area contributed by atoms with Gasteiger partial charge in [0.05, 0.1) is 24.2 Å². The molecule has 2 aliphatic rings. The van der Waals surface area contributed by atoms with Crippen molar-refractivity contribution < 1.29 is 38.1 Å². The molecule has 4 rings (SSSR count). The molecule has 2 amide bonds. The first kappa shape index (κ1) is 33.3. The van der Waals surface area contributed by atoms with Crippen molar-refractivity contribution in [2.75, 3.05) is 68.5 Å². The maximum atomic E-state index is 13.5. The number of fused-ring (bicyclic) bond motifs is 2. The Bertz CT molecular complexity index is 1350. The van der Waals surface area contributed by atoms with E-state index in [0.29, 0.717) is 23.1 Å². The zero-order valence-corrected chi connectivity index (χ0v) is 27.0. The van der Waals surface area contributed by atoms with E-state index in [9.17, 15) is 19.2 Å². The van der Waals surface area contributed by atoms with E-state index in [-0.39, 0.29) is 48.6 Å². The summed E-state index contributed by atoms with van der Waals surface area (Å²) in [6.45, 7) is 0.405. The highest BCUT2D eigenvalue weighted by Crippen LogP contribution is 2.36. The van der Waals surface area contributed by atoms with Gasteiger partial charge in [-0.1, -0.05) is 23.2 Å². The number of carbonyl (C=O) groups is 4. The van der Waals surface area contributed by atoms with Gasteiger partial charge < -0.3 is 38.5 Å². The van der Waals surface area contributed by atoms with Crippen molar-refractivity contribution in [2.45, 2.75) is 24.4 Å². The first-order valence-electron chi connectivity index (χ1n) is 13.9. The minimum atomic E-state index is -1.75. The van der Waals surface area contributed by atoms with Gasteiger partial charge in [-0.2, -0.15) is 0 Å². The van der Waals surface area contributed by atoms with Gasteiger partial charge >= 0.3 is 11.9 Å². The lowest BCUT2D eigenvalue weighted by Gasteiger charge is -2.36. The molecular formula is C30H36Cl2N4O8. The highest BCUT2D eigenvalue weighted by Gasteiger charge is 2.48. The monoisotopic (exact) mass is 650 g/mol. The molecule has 0 fully saturated rings. The van der Waals surface area contributed by atoms with Gasteiger partial charge in [-0.3, -0.25) is 9.59 Å². The zero-order valence-electron chi connectivity index (χ0n) is 25.5. The van der Waals surface area contributed by atoms with E-state index in [1.54, 1.807) is 12.1 Å². The third-order valence-corrected chi connectivity index (χ3v) is 7.66. The number of esters is 2. The van der Waals surface area contributed by atoms with E-state index in [0.717, 1.165) is 0 Å². The summed E-state index contributed by atoms with van der Waals surface area (Å²) in [5.41, 5.74) is 0.373. The smallest absolute Gasteiger partial charge is 0.420 e. The number of carbonyl (C=O) groups excluding carboxylic acids is 4. The van der Waals surface area contributed by atoms with Gasteiger partial charge in [-0.15, -0.1) is 0 Å². The number of hydrogen-bond acceptors (Lipinski definition) is 10. The molecule has 12 nitrogen and oxygen atoms in total. The van der Waals surface area contributed by atoms with Crippen LogP contribution in [0.5, 0.6) is 11.5 Å². The second kappa shape index (κ2) is 13.2. The topological polar surface area (TPSA) is 118 Å². The average molecular weight is 652 g/mol. The van der Waals surface area contributed by atoms with Crippen LogP contribution in [0.25, 0.3) is 0 Å². The first-order chi connectivity index (χ1) is 20.6. The van der Waals surface area contributed by atoms with E-state index in [4.69, 9.17) is 42.1 Å². The Hall–Kier alpha value is -3.58. The molecule has 0 N–H and O–H groups in total. The van der Waals surface area contributed by atoms with Crippen LogP contribution in [0.4, 0.5) is 0 Å². The molecule has 2 aromatic rings. The molecule has 2 aromatic carbocycles. The van der Waals surface area contributed by atoms with E-state index < -0.39 is 35.3 Å².